The van der Waals surface area contributed by atoms with E-state index in [0.29, 0.717) is 12.0 Å². The standard InChI is InChI=1S/C17H22BNO4/c1-12(20)21-10-9-13-7-6-8-14(11-19)15(13)18-22-16(2,3)17(4,5)23-18/h6-8H,9-10H2,1-5H3. The molecular weight excluding hydrogens is 293 g/mol. The molecule has 1 aliphatic rings. The summed E-state index contributed by atoms with van der Waals surface area (Å²) in [5.41, 5.74) is 1.18. The van der Waals surface area contributed by atoms with Gasteiger partial charge in [0.15, 0.2) is 0 Å². The Kier molecular flexibility index (Phi) is 4.83. The molecule has 0 aliphatic carbocycles. The van der Waals surface area contributed by atoms with Crippen LogP contribution in [0.1, 0.15) is 45.7 Å². The second-order valence-electron chi connectivity index (χ2n) is 6.67. The highest BCUT2D eigenvalue weighted by Gasteiger charge is 2.52. The van der Waals surface area contributed by atoms with Gasteiger partial charge in [-0.3, -0.25) is 4.79 Å². The average molecular weight is 315 g/mol. The molecule has 1 heterocycles. The first kappa shape index (κ1) is 17.5. The fourth-order valence-electron chi connectivity index (χ4n) is 2.47. The van der Waals surface area contributed by atoms with Crippen LogP contribution in [0.5, 0.6) is 0 Å². The first-order chi connectivity index (χ1) is 10.7. The van der Waals surface area contributed by atoms with Crippen LogP contribution in [-0.4, -0.2) is 30.9 Å². The van der Waals surface area contributed by atoms with E-state index in [-0.39, 0.29) is 12.6 Å². The van der Waals surface area contributed by atoms with Gasteiger partial charge < -0.3 is 14.0 Å². The summed E-state index contributed by atoms with van der Waals surface area (Å²) >= 11 is 0. The topological polar surface area (TPSA) is 68.6 Å². The SMILES string of the molecule is CC(=O)OCCc1cccc(C#N)c1B1OC(C)(C)C(C)(C)O1. The number of hydrogen-bond donors (Lipinski definition) is 0. The fraction of sp³-hybridized carbons (Fsp3) is 0.529. The van der Waals surface area contributed by atoms with E-state index in [4.69, 9.17) is 14.0 Å². The van der Waals surface area contributed by atoms with Gasteiger partial charge in [0.2, 0.25) is 0 Å². The summed E-state index contributed by atoms with van der Waals surface area (Å²) in [4.78, 5) is 10.9. The summed E-state index contributed by atoms with van der Waals surface area (Å²) < 4.78 is 17.2. The molecule has 0 radical (unpaired) electrons. The molecule has 1 aliphatic heterocycles. The lowest BCUT2D eigenvalue weighted by Crippen LogP contribution is -2.41. The van der Waals surface area contributed by atoms with Crippen molar-refractivity contribution in [1.82, 2.24) is 0 Å². The van der Waals surface area contributed by atoms with Crippen LogP contribution in [0.2, 0.25) is 0 Å². The van der Waals surface area contributed by atoms with Crippen molar-refractivity contribution in [3.05, 3.63) is 29.3 Å². The highest BCUT2D eigenvalue weighted by Crippen LogP contribution is 2.37. The molecule has 0 N–H and O–H groups in total. The van der Waals surface area contributed by atoms with E-state index in [1.54, 1.807) is 6.07 Å². The van der Waals surface area contributed by atoms with Gasteiger partial charge >= 0.3 is 13.1 Å². The van der Waals surface area contributed by atoms with Crippen LogP contribution in [0.3, 0.4) is 0 Å². The normalized spacial score (nSPS) is 18.5. The van der Waals surface area contributed by atoms with Gasteiger partial charge in [0.1, 0.15) is 0 Å². The van der Waals surface area contributed by atoms with Gasteiger partial charge in [0.25, 0.3) is 0 Å². The summed E-state index contributed by atoms with van der Waals surface area (Å²) in [5.74, 6) is -0.321. The molecule has 23 heavy (non-hydrogen) atoms. The minimum atomic E-state index is -0.608. The molecule has 1 aromatic carbocycles. The Morgan fingerprint density at radius 3 is 2.39 bits per heavy atom. The first-order valence-electron chi connectivity index (χ1n) is 7.69. The maximum absolute atomic E-state index is 10.9. The summed E-state index contributed by atoms with van der Waals surface area (Å²) in [7, 11) is -0.608. The van der Waals surface area contributed by atoms with Crippen LogP contribution >= 0.6 is 0 Å². The predicted octanol–water partition coefficient (Wildman–Crippen LogP) is 1.96. The highest BCUT2D eigenvalue weighted by molar-refractivity contribution is 6.63. The van der Waals surface area contributed by atoms with Crippen LogP contribution in [0.4, 0.5) is 0 Å². The Balaban J connectivity index is 2.33. The van der Waals surface area contributed by atoms with Crippen LogP contribution < -0.4 is 5.46 Å². The second-order valence-corrected chi connectivity index (χ2v) is 6.67. The van der Waals surface area contributed by atoms with Gasteiger partial charge in [-0.05, 0) is 39.3 Å². The molecule has 0 bridgehead atoms. The summed E-state index contributed by atoms with van der Waals surface area (Å²) in [5, 5.41) is 9.43. The number of esters is 1. The zero-order chi connectivity index (χ0) is 17.3. The summed E-state index contributed by atoms with van der Waals surface area (Å²) in [6.45, 7) is 9.53. The van der Waals surface area contributed by atoms with Crippen LogP contribution in [0, 0.1) is 11.3 Å². The van der Waals surface area contributed by atoms with E-state index < -0.39 is 18.3 Å². The zero-order valence-electron chi connectivity index (χ0n) is 14.3. The number of carbonyl (C=O) groups is 1. The van der Waals surface area contributed by atoms with Gasteiger partial charge in [-0.1, -0.05) is 12.1 Å². The van der Waals surface area contributed by atoms with Crippen molar-refractivity contribution in [3.8, 4) is 6.07 Å². The fourth-order valence-corrected chi connectivity index (χ4v) is 2.47. The number of carbonyl (C=O) groups excluding carboxylic acids is 1. The second kappa shape index (κ2) is 6.35. The molecule has 6 heteroatoms. The smallest absolute Gasteiger partial charge is 0.466 e. The molecule has 0 unspecified atom stereocenters. The molecule has 1 saturated heterocycles. The van der Waals surface area contributed by atoms with E-state index >= 15 is 0 Å². The van der Waals surface area contributed by atoms with Crippen LogP contribution in [-0.2, 0) is 25.3 Å². The Bertz CT molecular complexity index is 632. The Labute approximate surface area is 137 Å². The third-order valence-electron chi connectivity index (χ3n) is 4.48. The first-order valence-corrected chi connectivity index (χ1v) is 7.69. The maximum atomic E-state index is 10.9. The van der Waals surface area contributed by atoms with Gasteiger partial charge in [0, 0.05) is 18.8 Å². The third-order valence-corrected chi connectivity index (χ3v) is 4.48. The maximum Gasteiger partial charge on any atom is 0.496 e. The molecule has 0 amide bonds. The van der Waals surface area contributed by atoms with Crippen molar-refractivity contribution >= 4 is 18.6 Å². The molecular formula is C17H22BNO4. The lowest BCUT2D eigenvalue weighted by Gasteiger charge is -2.32. The molecule has 0 atom stereocenters. The number of ether oxygens (including phenoxy) is 1. The molecule has 2 rings (SSSR count). The molecule has 122 valence electrons. The lowest BCUT2D eigenvalue weighted by molar-refractivity contribution is -0.140. The number of benzene rings is 1. The lowest BCUT2D eigenvalue weighted by atomic mass is 9.72. The highest BCUT2D eigenvalue weighted by atomic mass is 16.7. The molecule has 0 saturated carbocycles. The minimum absolute atomic E-state index is 0.261. The third kappa shape index (κ3) is 3.57. The number of hydrogen-bond acceptors (Lipinski definition) is 5. The Morgan fingerprint density at radius 1 is 1.26 bits per heavy atom. The summed E-state index contributed by atoms with van der Waals surface area (Å²) in [6.07, 6.45) is 0.508. The van der Waals surface area contributed by atoms with Gasteiger partial charge in [-0.25, -0.2) is 0 Å². The van der Waals surface area contributed by atoms with E-state index in [9.17, 15) is 10.1 Å². The van der Waals surface area contributed by atoms with Crippen molar-refractivity contribution in [2.24, 2.45) is 0 Å². The average Bonchev–Trinajstić information content (AvgIpc) is 2.66. The largest absolute Gasteiger partial charge is 0.496 e. The Morgan fingerprint density at radius 2 is 1.87 bits per heavy atom. The van der Waals surface area contributed by atoms with E-state index in [2.05, 4.69) is 6.07 Å². The van der Waals surface area contributed by atoms with Crippen molar-refractivity contribution in [1.29, 1.82) is 5.26 Å². The van der Waals surface area contributed by atoms with Gasteiger partial charge in [0.05, 0.1) is 29.4 Å². The van der Waals surface area contributed by atoms with E-state index in [1.807, 2.05) is 39.8 Å². The molecule has 0 spiro atoms. The number of nitrogens with zero attached hydrogens (tertiary/aromatic N) is 1. The quantitative estimate of drug-likeness (QED) is 0.627. The predicted molar refractivity (Wildman–Crippen MR) is 87.2 cm³/mol. The van der Waals surface area contributed by atoms with Crippen LogP contribution in [0.25, 0.3) is 0 Å². The van der Waals surface area contributed by atoms with E-state index in [1.165, 1.54) is 6.92 Å². The minimum Gasteiger partial charge on any atom is -0.466 e. The number of nitriles is 1. The monoisotopic (exact) mass is 315 g/mol. The van der Waals surface area contributed by atoms with Gasteiger partial charge in [-0.15, -0.1) is 0 Å². The molecule has 1 fully saturated rings. The summed E-state index contributed by atoms with van der Waals surface area (Å²) in [6, 6.07) is 7.67. The van der Waals surface area contributed by atoms with Crippen LogP contribution in [0.15, 0.2) is 18.2 Å². The van der Waals surface area contributed by atoms with Crippen molar-refractivity contribution in [3.63, 3.8) is 0 Å². The number of rotatable bonds is 4. The Hall–Kier alpha value is -1.84. The van der Waals surface area contributed by atoms with Crippen molar-refractivity contribution in [2.45, 2.75) is 52.2 Å². The molecule has 1 aromatic rings. The van der Waals surface area contributed by atoms with Crippen molar-refractivity contribution < 1.29 is 18.8 Å². The van der Waals surface area contributed by atoms with Crippen molar-refractivity contribution in [2.75, 3.05) is 6.61 Å². The van der Waals surface area contributed by atoms with E-state index in [0.717, 1.165) is 11.0 Å². The molecule has 5 nitrogen and oxygen atoms in total. The van der Waals surface area contributed by atoms with Gasteiger partial charge in [-0.2, -0.15) is 5.26 Å². The molecule has 0 aromatic heterocycles. The zero-order valence-corrected chi connectivity index (χ0v) is 14.3.